The first kappa shape index (κ1) is 17.7. The molecule has 0 heterocycles. The standard InChI is InChI=1S/C17H15ClFNO4/c1-20(9-11-4-2-3-5-14(11)19)16(22)10-24-17(23)13-7-6-12(18)8-15(13)21/h2-8,21H,9-10H2,1H3. The van der Waals surface area contributed by atoms with Gasteiger partial charge in [0.15, 0.2) is 6.61 Å². The number of halogens is 2. The highest BCUT2D eigenvalue weighted by Crippen LogP contribution is 2.22. The lowest BCUT2D eigenvalue weighted by Gasteiger charge is -2.17. The fourth-order valence-corrected chi connectivity index (χ4v) is 2.13. The first-order valence-corrected chi connectivity index (χ1v) is 7.39. The Morgan fingerprint density at radius 2 is 1.96 bits per heavy atom. The second-order valence-electron chi connectivity index (χ2n) is 5.08. The lowest BCUT2D eigenvalue weighted by atomic mass is 10.2. The van der Waals surface area contributed by atoms with E-state index in [-0.39, 0.29) is 22.9 Å². The van der Waals surface area contributed by atoms with Crippen molar-refractivity contribution in [1.82, 2.24) is 4.90 Å². The Balaban J connectivity index is 1.92. The highest BCUT2D eigenvalue weighted by atomic mass is 35.5. The molecule has 0 fully saturated rings. The minimum absolute atomic E-state index is 0.0508. The number of amides is 1. The van der Waals surface area contributed by atoms with Crippen LogP contribution in [0.2, 0.25) is 5.02 Å². The molecule has 0 aromatic heterocycles. The molecule has 24 heavy (non-hydrogen) atoms. The summed E-state index contributed by atoms with van der Waals surface area (Å²) in [6.07, 6.45) is 0. The number of aromatic hydroxyl groups is 1. The minimum atomic E-state index is -0.850. The molecule has 0 aliphatic rings. The molecule has 0 saturated carbocycles. The number of esters is 1. The number of ether oxygens (including phenoxy) is 1. The zero-order chi connectivity index (χ0) is 17.7. The molecule has 0 aliphatic carbocycles. The van der Waals surface area contributed by atoms with Crippen molar-refractivity contribution in [2.45, 2.75) is 6.54 Å². The topological polar surface area (TPSA) is 66.8 Å². The molecule has 2 rings (SSSR count). The van der Waals surface area contributed by atoms with Gasteiger partial charge in [0, 0.05) is 24.2 Å². The van der Waals surface area contributed by atoms with Crippen molar-refractivity contribution in [2.75, 3.05) is 13.7 Å². The number of hydrogen-bond donors (Lipinski definition) is 1. The fraction of sp³-hybridized carbons (Fsp3) is 0.176. The van der Waals surface area contributed by atoms with Crippen molar-refractivity contribution in [3.8, 4) is 5.75 Å². The fourth-order valence-electron chi connectivity index (χ4n) is 1.96. The van der Waals surface area contributed by atoms with Gasteiger partial charge in [-0.3, -0.25) is 4.79 Å². The molecular formula is C17H15ClFNO4. The van der Waals surface area contributed by atoms with E-state index >= 15 is 0 Å². The molecule has 2 aromatic rings. The monoisotopic (exact) mass is 351 g/mol. The number of nitrogens with zero attached hydrogens (tertiary/aromatic N) is 1. The van der Waals surface area contributed by atoms with Gasteiger partial charge < -0.3 is 14.7 Å². The first-order chi connectivity index (χ1) is 11.4. The Hall–Kier alpha value is -2.60. The van der Waals surface area contributed by atoms with E-state index in [1.807, 2.05) is 0 Å². The Labute approximate surface area is 143 Å². The number of benzene rings is 2. The summed E-state index contributed by atoms with van der Waals surface area (Å²) in [5, 5.41) is 9.91. The third kappa shape index (κ3) is 4.45. The van der Waals surface area contributed by atoms with Crippen molar-refractivity contribution in [2.24, 2.45) is 0 Å². The van der Waals surface area contributed by atoms with Crippen LogP contribution < -0.4 is 0 Å². The van der Waals surface area contributed by atoms with E-state index in [2.05, 4.69) is 0 Å². The Kier molecular flexibility index (Phi) is 5.76. The van der Waals surface area contributed by atoms with E-state index in [0.717, 1.165) is 0 Å². The van der Waals surface area contributed by atoms with Crippen molar-refractivity contribution in [3.63, 3.8) is 0 Å². The van der Waals surface area contributed by atoms with Gasteiger partial charge in [-0.25, -0.2) is 9.18 Å². The number of hydrogen-bond acceptors (Lipinski definition) is 4. The normalized spacial score (nSPS) is 10.3. The van der Waals surface area contributed by atoms with Crippen LogP contribution in [-0.4, -0.2) is 35.5 Å². The molecule has 0 aliphatic heterocycles. The van der Waals surface area contributed by atoms with E-state index in [9.17, 15) is 19.1 Å². The van der Waals surface area contributed by atoms with Crippen molar-refractivity contribution in [3.05, 3.63) is 64.4 Å². The van der Waals surface area contributed by atoms with Crippen LogP contribution in [0.15, 0.2) is 42.5 Å². The Bertz CT molecular complexity index is 766. The zero-order valence-electron chi connectivity index (χ0n) is 12.8. The van der Waals surface area contributed by atoms with E-state index in [0.29, 0.717) is 5.56 Å². The van der Waals surface area contributed by atoms with Crippen molar-refractivity contribution < 1.29 is 23.8 Å². The van der Waals surface area contributed by atoms with E-state index in [1.165, 1.54) is 36.2 Å². The smallest absolute Gasteiger partial charge is 0.342 e. The molecule has 7 heteroatoms. The summed E-state index contributed by atoms with van der Waals surface area (Å²) in [6, 6.07) is 10.0. The van der Waals surface area contributed by atoms with Crippen LogP contribution in [0, 0.1) is 5.82 Å². The number of rotatable bonds is 5. The van der Waals surface area contributed by atoms with E-state index in [4.69, 9.17) is 16.3 Å². The SMILES string of the molecule is CN(Cc1ccccc1F)C(=O)COC(=O)c1ccc(Cl)cc1O. The van der Waals surface area contributed by atoms with Crippen LogP contribution in [0.1, 0.15) is 15.9 Å². The number of likely N-dealkylation sites (N-methyl/N-ethyl adjacent to an activating group) is 1. The third-order valence-corrected chi connectivity index (χ3v) is 3.53. The van der Waals surface area contributed by atoms with Gasteiger partial charge in [-0.1, -0.05) is 29.8 Å². The van der Waals surface area contributed by atoms with Crippen LogP contribution in [0.25, 0.3) is 0 Å². The van der Waals surface area contributed by atoms with Gasteiger partial charge in [0.25, 0.3) is 5.91 Å². The number of carbonyl (C=O) groups is 2. The maximum Gasteiger partial charge on any atom is 0.342 e. The molecular weight excluding hydrogens is 337 g/mol. The van der Waals surface area contributed by atoms with E-state index < -0.39 is 24.3 Å². The van der Waals surface area contributed by atoms with Gasteiger partial charge in [0.1, 0.15) is 17.1 Å². The minimum Gasteiger partial charge on any atom is -0.507 e. The highest BCUT2D eigenvalue weighted by molar-refractivity contribution is 6.30. The average Bonchev–Trinajstić information content (AvgIpc) is 2.54. The summed E-state index contributed by atoms with van der Waals surface area (Å²) in [5.74, 6) is -2.10. The summed E-state index contributed by atoms with van der Waals surface area (Å²) in [6.45, 7) is -0.471. The lowest BCUT2D eigenvalue weighted by molar-refractivity contribution is -0.133. The Morgan fingerprint density at radius 3 is 2.62 bits per heavy atom. The van der Waals surface area contributed by atoms with Gasteiger partial charge in [-0.15, -0.1) is 0 Å². The molecule has 126 valence electrons. The van der Waals surface area contributed by atoms with Gasteiger partial charge in [-0.2, -0.15) is 0 Å². The van der Waals surface area contributed by atoms with Crippen LogP contribution in [-0.2, 0) is 16.1 Å². The quantitative estimate of drug-likeness (QED) is 0.841. The highest BCUT2D eigenvalue weighted by Gasteiger charge is 2.17. The molecule has 1 N–H and O–H groups in total. The predicted molar refractivity (Wildman–Crippen MR) is 86.3 cm³/mol. The van der Waals surface area contributed by atoms with E-state index in [1.54, 1.807) is 18.2 Å². The second-order valence-corrected chi connectivity index (χ2v) is 5.52. The predicted octanol–water partition coefficient (Wildman–Crippen LogP) is 3.00. The summed E-state index contributed by atoms with van der Waals surface area (Å²) < 4.78 is 18.4. The number of carbonyl (C=O) groups excluding carboxylic acids is 2. The van der Waals surface area contributed by atoms with Gasteiger partial charge in [0.2, 0.25) is 0 Å². The maximum absolute atomic E-state index is 13.6. The van der Waals surface area contributed by atoms with Crippen molar-refractivity contribution in [1.29, 1.82) is 0 Å². The second kappa shape index (κ2) is 7.79. The number of phenols is 1. The molecule has 1 amide bonds. The molecule has 2 aromatic carbocycles. The van der Waals surface area contributed by atoms with Crippen LogP contribution in [0.3, 0.4) is 0 Å². The molecule has 0 atom stereocenters. The largest absolute Gasteiger partial charge is 0.507 e. The van der Waals surface area contributed by atoms with Gasteiger partial charge >= 0.3 is 5.97 Å². The summed E-state index contributed by atoms with van der Waals surface area (Å²) in [7, 11) is 1.47. The van der Waals surface area contributed by atoms with Gasteiger partial charge in [-0.05, 0) is 24.3 Å². The van der Waals surface area contributed by atoms with Crippen LogP contribution >= 0.6 is 11.6 Å². The van der Waals surface area contributed by atoms with Crippen LogP contribution in [0.4, 0.5) is 4.39 Å². The van der Waals surface area contributed by atoms with Crippen LogP contribution in [0.5, 0.6) is 5.75 Å². The number of phenolic OH excluding ortho intramolecular Hbond substituents is 1. The molecule has 0 unspecified atom stereocenters. The first-order valence-electron chi connectivity index (χ1n) is 7.01. The maximum atomic E-state index is 13.6. The summed E-state index contributed by atoms with van der Waals surface area (Å²) >= 11 is 5.68. The summed E-state index contributed by atoms with van der Waals surface area (Å²) in [5.41, 5.74) is 0.263. The molecule has 0 saturated heterocycles. The Morgan fingerprint density at radius 1 is 1.25 bits per heavy atom. The third-order valence-electron chi connectivity index (χ3n) is 3.30. The summed E-state index contributed by atoms with van der Waals surface area (Å²) in [4.78, 5) is 25.1. The lowest BCUT2D eigenvalue weighted by Crippen LogP contribution is -2.31. The van der Waals surface area contributed by atoms with Crippen molar-refractivity contribution >= 4 is 23.5 Å². The molecule has 5 nitrogen and oxygen atoms in total. The van der Waals surface area contributed by atoms with Gasteiger partial charge in [0.05, 0.1) is 0 Å². The zero-order valence-corrected chi connectivity index (χ0v) is 13.6. The molecule has 0 bridgehead atoms. The average molecular weight is 352 g/mol. The molecule has 0 spiro atoms. The molecule has 0 radical (unpaired) electrons.